The molecule has 3 heteroatoms. The van der Waals surface area contributed by atoms with E-state index in [-0.39, 0.29) is 12.5 Å². The molecule has 3 nitrogen and oxygen atoms in total. The van der Waals surface area contributed by atoms with E-state index >= 15 is 0 Å². The highest BCUT2D eigenvalue weighted by Gasteiger charge is 2.33. The van der Waals surface area contributed by atoms with E-state index in [1.54, 1.807) is 0 Å². The van der Waals surface area contributed by atoms with Crippen molar-refractivity contribution in [1.29, 1.82) is 0 Å². The first-order chi connectivity index (χ1) is 6.56. The van der Waals surface area contributed by atoms with Gasteiger partial charge in [-0.05, 0) is 33.1 Å². The van der Waals surface area contributed by atoms with E-state index in [9.17, 15) is 4.79 Å². The fourth-order valence-corrected chi connectivity index (χ4v) is 2.66. The fourth-order valence-electron chi connectivity index (χ4n) is 2.66. The monoisotopic (exact) mass is 199 g/mol. The maximum atomic E-state index is 10.6. The topological polar surface area (TPSA) is 40.5 Å². The highest BCUT2D eigenvalue weighted by atomic mass is 16.4. The first-order valence-corrected chi connectivity index (χ1v) is 5.55. The van der Waals surface area contributed by atoms with Crippen LogP contribution in [-0.4, -0.2) is 34.1 Å². The number of likely N-dealkylation sites (tertiary alicyclic amines) is 1. The van der Waals surface area contributed by atoms with Gasteiger partial charge < -0.3 is 5.11 Å². The Labute approximate surface area is 86.1 Å². The normalized spacial score (nSPS) is 30.5. The zero-order valence-corrected chi connectivity index (χ0v) is 9.36. The predicted octanol–water partition coefficient (Wildman–Crippen LogP) is 2.11. The number of hydrogen-bond donors (Lipinski definition) is 1. The van der Waals surface area contributed by atoms with Crippen LogP contribution in [0.2, 0.25) is 0 Å². The van der Waals surface area contributed by atoms with Gasteiger partial charge >= 0.3 is 5.97 Å². The van der Waals surface area contributed by atoms with Crippen molar-refractivity contribution < 1.29 is 9.90 Å². The van der Waals surface area contributed by atoms with Crippen LogP contribution >= 0.6 is 0 Å². The van der Waals surface area contributed by atoms with Crippen LogP contribution in [0, 0.1) is 0 Å². The Morgan fingerprint density at radius 2 is 2.21 bits per heavy atom. The number of nitrogens with zero attached hydrogens (tertiary/aromatic N) is 1. The summed E-state index contributed by atoms with van der Waals surface area (Å²) in [6.07, 6.45) is 3.83. The Morgan fingerprint density at radius 1 is 1.57 bits per heavy atom. The molecule has 0 spiro atoms. The summed E-state index contributed by atoms with van der Waals surface area (Å²) in [5.41, 5.74) is 0. The molecule has 0 aromatic rings. The molecular weight excluding hydrogens is 178 g/mol. The second kappa shape index (κ2) is 4.78. The van der Waals surface area contributed by atoms with Crippen LogP contribution in [-0.2, 0) is 4.79 Å². The van der Waals surface area contributed by atoms with Gasteiger partial charge in [-0.3, -0.25) is 9.69 Å². The lowest BCUT2D eigenvalue weighted by Gasteiger charge is -2.33. The molecule has 0 aromatic carbocycles. The molecule has 1 N–H and O–H groups in total. The summed E-state index contributed by atoms with van der Waals surface area (Å²) in [6.45, 7) is 6.41. The molecular formula is C11H21NO2. The summed E-state index contributed by atoms with van der Waals surface area (Å²) in [5.74, 6) is -0.688. The van der Waals surface area contributed by atoms with E-state index < -0.39 is 5.97 Å². The minimum absolute atomic E-state index is 0.176. The molecule has 14 heavy (non-hydrogen) atoms. The summed E-state index contributed by atoms with van der Waals surface area (Å²) in [4.78, 5) is 13.0. The molecule has 3 atom stereocenters. The van der Waals surface area contributed by atoms with Gasteiger partial charge in [-0.15, -0.1) is 0 Å². The van der Waals surface area contributed by atoms with E-state index in [0.717, 1.165) is 6.42 Å². The van der Waals surface area contributed by atoms with Crippen molar-refractivity contribution in [3.05, 3.63) is 0 Å². The summed E-state index contributed by atoms with van der Waals surface area (Å²) in [5, 5.41) is 8.76. The van der Waals surface area contributed by atoms with Crippen LogP contribution in [0.4, 0.5) is 0 Å². The van der Waals surface area contributed by atoms with E-state index in [2.05, 4.69) is 18.7 Å². The Balaban J connectivity index is 2.58. The highest BCUT2D eigenvalue weighted by molar-refractivity contribution is 5.67. The van der Waals surface area contributed by atoms with Crippen LogP contribution in [0.15, 0.2) is 0 Å². The quantitative estimate of drug-likeness (QED) is 0.754. The summed E-state index contributed by atoms with van der Waals surface area (Å²) in [6, 6.07) is 1.32. The standard InChI is InChI=1S/C11H21NO2/c1-4-10-6-5-8(2)12(10)9(3)7-11(13)14/h8-10H,4-7H2,1-3H3,(H,13,14). The highest BCUT2D eigenvalue weighted by Crippen LogP contribution is 2.28. The lowest BCUT2D eigenvalue weighted by atomic mass is 10.1. The van der Waals surface area contributed by atoms with Crippen LogP contribution in [0.1, 0.15) is 46.5 Å². The molecule has 0 radical (unpaired) electrons. The van der Waals surface area contributed by atoms with Crippen molar-refractivity contribution in [2.45, 2.75) is 64.6 Å². The first-order valence-electron chi connectivity index (χ1n) is 5.55. The molecule has 0 aromatic heterocycles. The van der Waals surface area contributed by atoms with Gasteiger partial charge in [-0.1, -0.05) is 6.92 Å². The molecule has 0 aliphatic carbocycles. The molecule has 3 unspecified atom stereocenters. The SMILES string of the molecule is CCC1CCC(C)N1C(C)CC(=O)O. The Bertz CT molecular complexity index is 205. The van der Waals surface area contributed by atoms with Gasteiger partial charge in [0.15, 0.2) is 0 Å². The number of carboxylic acid groups (broad SMARTS) is 1. The van der Waals surface area contributed by atoms with Crippen molar-refractivity contribution in [3.8, 4) is 0 Å². The Kier molecular flexibility index (Phi) is 3.93. The third-order valence-electron chi connectivity index (χ3n) is 3.30. The van der Waals surface area contributed by atoms with Crippen LogP contribution in [0.25, 0.3) is 0 Å². The molecule has 0 bridgehead atoms. The molecule has 1 heterocycles. The molecule has 1 saturated heterocycles. The number of carbonyl (C=O) groups is 1. The first kappa shape index (κ1) is 11.5. The van der Waals surface area contributed by atoms with Crippen molar-refractivity contribution in [2.75, 3.05) is 0 Å². The van der Waals surface area contributed by atoms with Gasteiger partial charge in [-0.25, -0.2) is 0 Å². The van der Waals surface area contributed by atoms with Crippen molar-refractivity contribution in [3.63, 3.8) is 0 Å². The molecule has 1 aliphatic rings. The number of rotatable bonds is 4. The van der Waals surface area contributed by atoms with Crippen LogP contribution in [0.3, 0.4) is 0 Å². The van der Waals surface area contributed by atoms with Crippen molar-refractivity contribution in [1.82, 2.24) is 4.90 Å². The number of aliphatic carboxylic acids is 1. The summed E-state index contributed by atoms with van der Waals surface area (Å²) >= 11 is 0. The average molecular weight is 199 g/mol. The lowest BCUT2D eigenvalue weighted by Crippen LogP contribution is -2.42. The third-order valence-corrected chi connectivity index (χ3v) is 3.30. The van der Waals surface area contributed by atoms with Gasteiger partial charge in [-0.2, -0.15) is 0 Å². The third kappa shape index (κ3) is 2.47. The molecule has 1 aliphatic heterocycles. The summed E-state index contributed by atoms with van der Waals surface area (Å²) in [7, 11) is 0. The van der Waals surface area contributed by atoms with Gasteiger partial charge in [0.25, 0.3) is 0 Å². The van der Waals surface area contributed by atoms with E-state index in [4.69, 9.17) is 5.11 Å². The zero-order valence-electron chi connectivity index (χ0n) is 9.36. The van der Waals surface area contributed by atoms with E-state index in [1.165, 1.54) is 12.8 Å². The van der Waals surface area contributed by atoms with Gasteiger partial charge in [0, 0.05) is 18.1 Å². The smallest absolute Gasteiger partial charge is 0.304 e. The second-order valence-corrected chi connectivity index (χ2v) is 4.38. The molecule has 82 valence electrons. The van der Waals surface area contributed by atoms with Crippen LogP contribution < -0.4 is 0 Å². The zero-order chi connectivity index (χ0) is 10.7. The van der Waals surface area contributed by atoms with Gasteiger partial charge in [0.1, 0.15) is 0 Å². The maximum absolute atomic E-state index is 10.6. The fraction of sp³-hybridized carbons (Fsp3) is 0.909. The van der Waals surface area contributed by atoms with Crippen LogP contribution in [0.5, 0.6) is 0 Å². The van der Waals surface area contributed by atoms with Crippen molar-refractivity contribution >= 4 is 5.97 Å². The molecule has 0 amide bonds. The number of carboxylic acids is 1. The van der Waals surface area contributed by atoms with E-state index in [1.807, 2.05) is 6.92 Å². The Morgan fingerprint density at radius 3 is 2.71 bits per heavy atom. The maximum Gasteiger partial charge on any atom is 0.304 e. The molecule has 1 rings (SSSR count). The predicted molar refractivity (Wildman–Crippen MR) is 56.3 cm³/mol. The minimum Gasteiger partial charge on any atom is -0.481 e. The number of hydrogen-bond acceptors (Lipinski definition) is 2. The largest absolute Gasteiger partial charge is 0.481 e. The molecule has 0 saturated carbocycles. The van der Waals surface area contributed by atoms with Crippen molar-refractivity contribution in [2.24, 2.45) is 0 Å². The minimum atomic E-state index is -0.688. The average Bonchev–Trinajstić information content (AvgIpc) is 2.45. The lowest BCUT2D eigenvalue weighted by molar-refractivity contribution is -0.138. The Hall–Kier alpha value is -0.570. The van der Waals surface area contributed by atoms with Gasteiger partial charge in [0.2, 0.25) is 0 Å². The summed E-state index contributed by atoms with van der Waals surface area (Å²) < 4.78 is 0. The molecule has 1 fully saturated rings. The van der Waals surface area contributed by atoms with Gasteiger partial charge in [0.05, 0.1) is 6.42 Å². The second-order valence-electron chi connectivity index (χ2n) is 4.38. The van der Waals surface area contributed by atoms with E-state index in [0.29, 0.717) is 12.1 Å².